The van der Waals surface area contributed by atoms with Crippen molar-refractivity contribution < 1.29 is 0 Å². The second-order valence-corrected chi connectivity index (χ2v) is 8.50. The summed E-state index contributed by atoms with van der Waals surface area (Å²) in [5, 5.41) is 4.91. The van der Waals surface area contributed by atoms with Crippen LogP contribution in [0.5, 0.6) is 0 Å². The number of hydrazine groups is 1. The van der Waals surface area contributed by atoms with Gasteiger partial charge in [-0.2, -0.15) is 5.10 Å². The summed E-state index contributed by atoms with van der Waals surface area (Å²) in [7, 11) is 0. The van der Waals surface area contributed by atoms with Crippen molar-refractivity contribution in [3.8, 4) is 0 Å². The Balaban J connectivity index is 1.40. The molecule has 140 valence electrons. The zero-order valence-electron chi connectivity index (χ0n) is 15.6. The molecule has 0 radical (unpaired) electrons. The highest BCUT2D eigenvalue weighted by atomic mass is 15.4. The Morgan fingerprint density at radius 3 is 2.12 bits per heavy atom. The highest BCUT2D eigenvalue weighted by Gasteiger charge is 2.37. The normalized spacial score (nSPS) is 33.1. The van der Waals surface area contributed by atoms with Gasteiger partial charge in [0.1, 0.15) is 5.71 Å². The SMILES string of the molecule is C1CCC(N/N=C2\C(NNC3CCCCC3)=NC3CCCCC23)CC1. The molecule has 3 aliphatic carbocycles. The molecular weight excluding hydrogens is 310 g/mol. The first-order valence-electron chi connectivity index (χ1n) is 10.8. The van der Waals surface area contributed by atoms with Gasteiger partial charge in [0, 0.05) is 18.0 Å². The minimum absolute atomic E-state index is 0.455. The number of nitrogens with one attached hydrogen (secondary N) is 3. The Labute approximate surface area is 152 Å². The van der Waals surface area contributed by atoms with Gasteiger partial charge in [-0.05, 0) is 38.5 Å². The third-order valence-electron chi connectivity index (χ3n) is 6.59. The van der Waals surface area contributed by atoms with Crippen molar-refractivity contribution in [1.29, 1.82) is 0 Å². The molecular formula is C20H35N5. The van der Waals surface area contributed by atoms with Gasteiger partial charge in [-0.3, -0.25) is 4.99 Å². The summed E-state index contributed by atoms with van der Waals surface area (Å²) in [5.41, 5.74) is 11.7. The van der Waals surface area contributed by atoms with E-state index in [1.165, 1.54) is 95.6 Å². The van der Waals surface area contributed by atoms with Crippen molar-refractivity contribution in [2.24, 2.45) is 16.0 Å². The zero-order valence-corrected chi connectivity index (χ0v) is 15.6. The van der Waals surface area contributed by atoms with Crippen molar-refractivity contribution in [3.05, 3.63) is 0 Å². The first-order chi connectivity index (χ1) is 12.4. The Bertz CT molecular complexity index is 488. The minimum atomic E-state index is 0.455. The number of hydrogen-bond acceptors (Lipinski definition) is 5. The molecule has 4 rings (SSSR count). The highest BCUT2D eigenvalue weighted by Crippen LogP contribution is 2.32. The van der Waals surface area contributed by atoms with E-state index in [4.69, 9.17) is 10.1 Å². The van der Waals surface area contributed by atoms with E-state index in [1.807, 2.05) is 0 Å². The Hall–Kier alpha value is -1.10. The van der Waals surface area contributed by atoms with E-state index in [-0.39, 0.29) is 0 Å². The molecule has 25 heavy (non-hydrogen) atoms. The van der Waals surface area contributed by atoms with E-state index < -0.39 is 0 Å². The number of hydrazone groups is 1. The molecule has 0 aromatic heterocycles. The molecule has 4 aliphatic rings. The van der Waals surface area contributed by atoms with Crippen molar-refractivity contribution in [3.63, 3.8) is 0 Å². The molecule has 1 aliphatic heterocycles. The van der Waals surface area contributed by atoms with Crippen LogP contribution in [-0.4, -0.2) is 29.7 Å². The number of hydrogen-bond donors (Lipinski definition) is 3. The lowest BCUT2D eigenvalue weighted by Gasteiger charge is -2.26. The summed E-state index contributed by atoms with van der Waals surface area (Å²) in [4.78, 5) is 5.01. The average molecular weight is 346 g/mol. The predicted octanol–water partition coefficient (Wildman–Crippen LogP) is 3.66. The Kier molecular flexibility index (Phi) is 5.90. The number of nitrogens with zero attached hydrogens (tertiary/aromatic N) is 2. The summed E-state index contributed by atoms with van der Waals surface area (Å²) >= 11 is 0. The van der Waals surface area contributed by atoms with Crippen LogP contribution in [0.2, 0.25) is 0 Å². The molecule has 0 amide bonds. The molecule has 3 saturated carbocycles. The van der Waals surface area contributed by atoms with Gasteiger partial charge in [-0.15, -0.1) is 0 Å². The van der Waals surface area contributed by atoms with Gasteiger partial charge in [0.25, 0.3) is 0 Å². The van der Waals surface area contributed by atoms with Crippen LogP contribution in [0.4, 0.5) is 0 Å². The van der Waals surface area contributed by atoms with Gasteiger partial charge in [-0.1, -0.05) is 51.4 Å². The van der Waals surface area contributed by atoms with Crippen LogP contribution < -0.4 is 16.3 Å². The largest absolute Gasteiger partial charge is 0.307 e. The fourth-order valence-corrected chi connectivity index (χ4v) is 5.03. The second kappa shape index (κ2) is 8.52. The Morgan fingerprint density at radius 2 is 1.36 bits per heavy atom. The van der Waals surface area contributed by atoms with Crippen LogP contribution in [0.1, 0.15) is 89.9 Å². The van der Waals surface area contributed by atoms with E-state index in [2.05, 4.69) is 16.3 Å². The first kappa shape index (κ1) is 17.3. The van der Waals surface area contributed by atoms with E-state index in [9.17, 15) is 0 Å². The third kappa shape index (κ3) is 4.36. The standard InChI is InChI=1S/C20H35N5/c1-3-9-15(10-4-1)22-24-19-17-13-7-8-14-18(17)21-20(19)25-23-16-11-5-2-6-12-16/h15-18,22-23H,1-14H2,(H,21,25)/b24-19-. The smallest absolute Gasteiger partial charge is 0.159 e. The summed E-state index contributed by atoms with van der Waals surface area (Å²) in [6.45, 7) is 0. The van der Waals surface area contributed by atoms with Gasteiger partial charge in [0.15, 0.2) is 5.84 Å². The van der Waals surface area contributed by atoms with Crippen LogP contribution in [-0.2, 0) is 0 Å². The van der Waals surface area contributed by atoms with E-state index in [0.29, 0.717) is 24.0 Å². The predicted molar refractivity (Wildman–Crippen MR) is 104 cm³/mol. The molecule has 0 aromatic carbocycles. The van der Waals surface area contributed by atoms with Gasteiger partial charge in [0.2, 0.25) is 0 Å². The van der Waals surface area contributed by atoms with E-state index >= 15 is 0 Å². The lowest BCUT2D eigenvalue weighted by molar-refractivity contribution is 0.361. The number of amidine groups is 1. The van der Waals surface area contributed by atoms with Gasteiger partial charge >= 0.3 is 0 Å². The Morgan fingerprint density at radius 1 is 0.720 bits per heavy atom. The lowest BCUT2D eigenvalue weighted by Crippen LogP contribution is -2.48. The molecule has 0 saturated heterocycles. The number of aliphatic imine (C=N–C) groups is 1. The van der Waals surface area contributed by atoms with Crippen molar-refractivity contribution in [2.75, 3.05) is 0 Å². The van der Waals surface area contributed by atoms with E-state index in [0.717, 1.165) is 5.84 Å². The number of rotatable bonds is 4. The maximum atomic E-state index is 5.01. The van der Waals surface area contributed by atoms with Gasteiger partial charge in [0.05, 0.1) is 6.04 Å². The molecule has 0 aromatic rings. The molecule has 2 atom stereocenters. The molecule has 5 nitrogen and oxygen atoms in total. The van der Waals surface area contributed by atoms with Crippen LogP contribution in [0, 0.1) is 5.92 Å². The van der Waals surface area contributed by atoms with Gasteiger partial charge in [-0.25, -0.2) is 5.43 Å². The molecule has 0 bridgehead atoms. The lowest BCUT2D eigenvalue weighted by atomic mass is 9.84. The zero-order chi connectivity index (χ0) is 16.9. The van der Waals surface area contributed by atoms with Crippen LogP contribution in [0.15, 0.2) is 10.1 Å². The first-order valence-corrected chi connectivity index (χ1v) is 10.8. The minimum Gasteiger partial charge on any atom is -0.307 e. The summed E-state index contributed by atoms with van der Waals surface area (Å²) in [6.07, 6.45) is 18.4. The summed E-state index contributed by atoms with van der Waals surface area (Å²) < 4.78 is 0. The molecule has 2 unspecified atom stereocenters. The quantitative estimate of drug-likeness (QED) is 0.682. The van der Waals surface area contributed by atoms with Crippen molar-refractivity contribution in [2.45, 2.75) is 108 Å². The monoisotopic (exact) mass is 345 g/mol. The average Bonchev–Trinajstić information content (AvgIpc) is 3.04. The fourth-order valence-electron chi connectivity index (χ4n) is 5.03. The van der Waals surface area contributed by atoms with Crippen LogP contribution >= 0.6 is 0 Å². The summed E-state index contributed by atoms with van der Waals surface area (Å²) in [5.74, 6) is 1.55. The van der Waals surface area contributed by atoms with Crippen molar-refractivity contribution in [1.82, 2.24) is 16.3 Å². The molecule has 5 heteroatoms. The fraction of sp³-hybridized carbons (Fsp3) is 0.900. The summed E-state index contributed by atoms with van der Waals surface area (Å²) in [6, 6.07) is 1.61. The molecule has 0 spiro atoms. The topological polar surface area (TPSA) is 60.8 Å². The molecule has 1 heterocycles. The highest BCUT2D eigenvalue weighted by molar-refractivity contribution is 6.43. The third-order valence-corrected chi connectivity index (χ3v) is 6.59. The maximum absolute atomic E-state index is 5.01. The second-order valence-electron chi connectivity index (χ2n) is 8.50. The number of fused-ring (bicyclic) bond motifs is 1. The van der Waals surface area contributed by atoms with Crippen LogP contribution in [0.25, 0.3) is 0 Å². The molecule has 3 fully saturated rings. The molecule has 3 N–H and O–H groups in total. The van der Waals surface area contributed by atoms with Gasteiger partial charge < -0.3 is 10.9 Å². The van der Waals surface area contributed by atoms with Crippen LogP contribution in [0.3, 0.4) is 0 Å². The van der Waals surface area contributed by atoms with Crippen molar-refractivity contribution >= 4 is 11.5 Å². The van der Waals surface area contributed by atoms with E-state index in [1.54, 1.807) is 0 Å². The maximum Gasteiger partial charge on any atom is 0.159 e.